The topological polar surface area (TPSA) is 63.2 Å². The highest BCUT2D eigenvalue weighted by Gasteiger charge is 2.20. The predicted molar refractivity (Wildman–Crippen MR) is 74.8 cm³/mol. The molecule has 0 aromatic heterocycles. The van der Waals surface area contributed by atoms with E-state index in [1.807, 2.05) is 6.92 Å². The van der Waals surface area contributed by atoms with E-state index >= 15 is 0 Å². The van der Waals surface area contributed by atoms with E-state index in [-0.39, 0.29) is 20.0 Å². The van der Waals surface area contributed by atoms with Gasteiger partial charge in [0.15, 0.2) is 0 Å². The number of hydrogen-bond acceptors (Lipinski definition) is 3. The van der Waals surface area contributed by atoms with Gasteiger partial charge in [-0.15, -0.1) is 0 Å². The third-order valence-electron chi connectivity index (χ3n) is 2.06. The van der Waals surface area contributed by atoms with Gasteiger partial charge in [0.1, 0.15) is 0 Å². The molecule has 1 N–H and O–H groups in total. The summed E-state index contributed by atoms with van der Waals surface area (Å²) in [6, 6.07) is 2.56. The maximum Gasteiger partial charge on any atom is 0.262 e. The van der Waals surface area contributed by atoms with Crippen LogP contribution in [0.2, 0.25) is 5.02 Å². The maximum atomic E-state index is 11.7. The molecule has 0 unspecified atom stereocenters. The Hall–Kier alpha value is -0.300. The first-order valence-corrected chi connectivity index (χ1v) is 8.47. The average Bonchev–Trinajstić information content (AvgIpc) is 2.27. The number of carbonyl (C=O) groups excluding carboxylic acids is 1. The molecule has 18 heavy (non-hydrogen) atoms. The number of carbonyl (C=O) groups is 1. The SMILES string of the molecule is CCCNC(=O)c1cc(Cl)c(Br)c(S(=O)(=O)Cl)c1. The van der Waals surface area contributed by atoms with Crippen LogP contribution in [0.15, 0.2) is 21.5 Å². The molecule has 1 aromatic rings. The molecule has 100 valence electrons. The Bertz CT molecular complexity index is 575. The van der Waals surface area contributed by atoms with Crippen molar-refractivity contribution in [1.29, 1.82) is 0 Å². The van der Waals surface area contributed by atoms with E-state index in [0.717, 1.165) is 6.42 Å². The Labute approximate surface area is 123 Å². The minimum atomic E-state index is -3.97. The van der Waals surface area contributed by atoms with E-state index in [4.69, 9.17) is 22.3 Å². The summed E-state index contributed by atoms with van der Waals surface area (Å²) in [5.41, 5.74) is 0.149. The summed E-state index contributed by atoms with van der Waals surface area (Å²) in [4.78, 5) is 11.5. The standard InChI is InChI=1S/C10H10BrCl2NO3S/c1-2-3-14-10(15)6-4-7(12)9(11)8(5-6)18(13,16)17/h4-5H,2-3H2,1H3,(H,14,15). The minimum absolute atomic E-state index is 0.110. The highest BCUT2D eigenvalue weighted by molar-refractivity contribution is 9.10. The molecule has 0 heterocycles. The fraction of sp³-hybridized carbons (Fsp3) is 0.300. The van der Waals surface area contributed by atoms with Gasteiger partial charge in [0.25, 0.3) is 15.0 Å². The molecule has 0 fully saturated rings. The van der Waals surface area contributed by atoms with E-state index in [1.165, 1.54) is 12.1 Å². The van der Waals surface area contributed by atoms with Crippen LogP contribution in [0.3, 0.4) is 0 Å². The van der Waals surface area contributed by atoms with Gasteiger partial charge in [-0.25, -0.2) is 8.42 Å². The van der Waals surface area contributed by atoms with Crippen molar-refractivity contribution in [2.24, 2.45) is 0 Å². The molecule has 0 spiro atoms. The Balaban J connectivity index is 3.25. The van der Waals surface area contributed by atoms with Crippen LogP contribution in [0.5, 0.6) is 0 Å². The Morgan fingerprint density at radius 3 is 2.56 bits per heavy atom. The van der Waals surface area contributed by atoms with Crippen molar-refractivity contribution in [1.82, 2.24) is 5.32 Å². The molecule has 0 saturated heterocycles. The fourth-order valence-electron chi connectivity index (χ4n) is 1.21. The molecule has 0 aliphatic heterocycles. The van der Waals surface area contributed by atoms with E-state index in [9.17, 15) is 13.2 Å². The highest BCUT2D eigenvalue weighted by atomic mass is 79.9. The first kappa shape index (κ1) is 15.8. The molecule has 1 aromatic carbocycles. The van der Waals surface area contributed by atoms with E-state index in [0.29, 0.717) is 6.54 Å². The second kappa shape index (κ2) is 6.23. The molecule has 0 bridgehead atoms. The summed E-state index contributed by atoms with van der Waals surface area (Å²) in [5.74, 6) is -0.396. The molecular weight excluding hydrogens is 365 g/mol. The lowest BCUT2D eigenvalue weighted by atomic mass is 10.2. The van der Waals surface area contributed by atoms with Crippen LogP contribution in [0.25, 0.3) is 0 Å². The van der Waals surface area contributed by atoms with Gasteiger partial charge in [0.2, 0.25) is 0 Å². The van der Waals surface area contributed by atoms with Crippen molar-refractivity contribution in [3.63, 3.8) is 0 Å². The molecule has 8 heteroatoms. The minimum Gasteiger partial charge on any atom is -0.352 e. The van der Waals surface area contributed by atoms with Crippen LogP contribution >= 0.6 is 38.2 Å². The summed E-state index contributed by atoms with van der Waals surface area (Å²) >= 11 is 8.88. The zero-order valence-electron chi connectivity index (χ0n) is 9.34. The summed E-state index contributed by atoms with van der Waals surface area (Å²) < 4.78 is 22.8. The maximum absolute atomic E-state index is 11.7. The zero-order valence-corrected chi connectivity index (χ0v) is 13.3. The molecular formula is C10H10BrCl2NO3S. The largest absolute Gasteiger partial charge is 0.352 e. The van der Waals surface area contributed by atoms with Crippen molar-refractivity contribution in [2.45, 2.75) is 18.2 Å². The lowest BCUT2D eigenvalue weighted by Gasteiger charge is -2.08. The summed E-state index contributed by atoms with van der Waals surface area (Å²) in [5, 5.41) is 2.73. The van der Waals surface area contributed by atoms with Gasteiger partial charge >= 0.3 is 0 Å². The molecule has 4 nitrogen and oxygen atoms in total. The van der Waals surface area contributed by atoms with Gasteiger partial charge in [-0.2, -0.15) is 0 Å². The Kier molecular flexibility index (Phi) is 5.46. The summed E-state index contributed by atoms with van der Waals surface area (Å²) in [6.45, 7) is 2.40. The Morgan fingerprint density at radius 1 is 1.44 bits per heavy atom. The third-order valence-corrected chi connectivity index (χ3v) is 5.04. The number of amides is 1. The lowest BCUT2D eigenvalue weighted by molar-refractivity contribution is 0.0953. The number of rotatable bonds is 4. The van der Waals surface area contributed by atoms with Gasteiger partial charge in [-0.3, -0.25) is 4.79 Å². The fourth-order valence-corrected chi connectivity index (χ4v) is 3.59. The van der Waals surface area contributed by atoms with Crippen molar-refractivity contribution < 1.29 is 13.2 Å². The lowest BCUT2D eigenvalue weighted by Crippen LogP contribution is -2.24. The highest BCUT2D eigenvalue weighted by Crippen LogP contribution is 2.33. The predicted octanol–water partition coefficient (Wildman–Crippen LogP) is 3.17. The zero-order chi connectivity index (χ0) is 13.9. The summed E-state index contributed by atoms with van der Waals surface area (Å²) in [7, 11) is 1.30. The molecule has 0 radical (unpaired) electrons. The number of benzene rings is 1. The van der Waals surface area contributed by atoms with Gasteiger partial charge < -0.3 is 5.32 Å². The molecule has 0 saturated carbocycles. The summed E-state index contributed by atoms with van der Waals surface area (Å²) in [6.07, 6.45) is 0.774. The van der Waals surface area contributed by atoms with Gasteiger partial charge in [-0.1, -0.05) is 18.5 Å². The molecule has 1 amide bonds. The first-order valence-electron chi connectivity index (χ1n) is 4.99. The van der Waals surface area contributed by atoms with Crippen LogP contribution < -0.4 is 5.32 Å². The van der Waals surface area contributed by atoms with Gasteiger partial charge in [0, 0.05) is 22.8 Å². The smallest absolute Gasteiger partial charge is 0.262 e. The quantitative estimate of drug-likeness (QED) is 0.823. The number of halogens is 3. The van der Waals surface area contributed by atoms with E-state index in [1.54, 1.807) is 0 Å². The average molecular weight is 375 g/mol. The number of hydrogen-bond donors (Lipinski definition) is 1. The van der Waals surface area contributed by atoms with Crippen molar-refractivity contribution in [3.05, 3.63) is 27.2 Å². The van der Waals surface area contributed by atoms with E-state index < -0.39 is 15.0 Å². The van der Waals surface area contributed by atoms with Crippen LogP contribution in [0.1, 0.15) is 23.7 Å². The molecule has 1 rings (SSSR count). The molecule has 0 atom stereocenters. The van der Waals surface area contributed by atoms with E-state index in [2.05, 4.69) is 21.2 Å². The van der Waals surface area contributed by atoms with Crippen molar-refractivity contribution >= 4 is 53.2 Å². The van der Waals surface area contributed by atoms with Gasteiger partial charge in [0.05, 0.1) is 14.4 Å². The molecule has 0 aliphatic rings. The first-order chi connectivity index (χ1) is 8.27. The van der Waals surface area contributed by atoms with Crippen molar-refractivity contribution in [2.75, 3.05) is 6.54 Å². The second-order valence-electron chi connectivity index (χ2n) is 3.46. The third kappa shape index (κ3) is 3.85. The Morgan fingerprint density at radius 2 is 2.06 bits per heavy atom. The van der Waals surface area contributed by atoms with Crippen LogP contribution in [-0.2, 0) is 9.05 Å². The monoisotopic (exact) mass is 373 g/mol. The van der Waals surface area contributed by atoms with Crippen molar-refractivity contribution in [3.8, 4) is 0 Å². The van der Waals surface area contributed by atoms with Crippen LogP contribution in [-0.4, -0.2) is 20.9 Å². The molecule has 0 aliphatic carbocycles. The normalized spacial score (nSPS) is 11.3. The van der Waals surface area contributed by atoms with Gasteiger partial charge in [-0.05, 0) is 34.5 Å². The second-order valence-corrected chi connectivity index (χ2v) is 7.20. The van der Waals surface area contributed by atoms with Crippen LogP contribution in [0, 0.1) is 0 Å². The van der Waals surface area contributed by atoms with Crippen LogP contribution in [0.4, 0.5) is 0 Å². The number of nitrogens with one attached hydrogen (secondary N) is 1.